The first kappa shape index (κ1) is 32.3. The second-order valence-electron chi connectivity index (χ2n) is 9.85. The molecule has 4 heterocycles. The second-order valence-corrected chi connectivity index (χ2v) is 10.9. The van der Waals surface area contributed by atoms with Crippen LogP contribution in [0.15, 0.2) is 17.5 Å². The number of nitrogens with zero attached hydrogens (tertiary/aromatic N) is 5. The molecule has 0 radical (unpaired) electrons. The van der Waals surface area contributed by atoms with Gasteiger partial charge in [-0.05, 0) is 44.2 Å². The van der Waals surface area contributed by atoms with Crippen LogP contribution in [0.3, 0.4) is 0 Å². The molecule has 11 nitrogen and oxygen atoms in total. The van der Waals surface area contributed by atoms with Crippen molar-refractivity contribution in [1.29, 1.82) is 0 Å². The minimum absolute atomic E-state index is 0.0537. The fourth-order valence-corrected chi connectivity index (χ4v) is 5.27. The smallest absolute Gasteiger partial charge is 0.475 e. The quantitative estimate of drug-likeness (QED) is 0.444. The van der Waals surface area contributed by atoms with Crippen LogP contribution in [-0.4, -0.2) is 96.7 Å². The maximum absolute atomic E-state index is 12.7. The molecule has 228 valence electrons. The lowest BCUT2D eigenvalue weighted by atomic mass is 9.93. The lowest BCUT2D eigenvalue weighted by Crippen LogP contribution is -2.55. The summed E-state index contributed by atoms with van der Waals surface area (Å²) in [5, 5.41) is 28.1. The van der Waals surface area contributed by atoms with Gasteiger partial charge in [-0.15, -0.1) is 21.5 Å². The highest BCUT2D eigenvalue weighted by atomic mass is 32.1. The van der Waals surface area contributed by atoms with Crippen LogP contribution in [0.25, 0.3) is 0 Å². The number of alkyl halides is 6. The van der Waals surface area contributed by atoms with Crippen LogP contribution in [-0.2, 0) is 29.2 Å². The van der Waals surface area contributed by atoms with Gasteiger partial charge in [0.15, 0.2) is 0 Å². The summed E-state index contributed by atoms with van der Waals surface area (Å²) in [6.07, 6.45) is -5.69. The van der Waals surface area contributed by atoms with E-state index in [9.17, 15) is 31.1 Å². The average molecular weight is 615 g/mol. The number of amides is 1. The first-order chi connectivity index (χ1) is 19.0. The van der Waals surface area contributed by atoms with Crippen molar-refractivity contribution in [3.05, 3.63) is 34.0 Å². The van der Waals surface area contributed by atoms with E-state index >= 15 is 0 Å². The SMILES string of the molecule is CN1Cc2nnc(C(=O)NC3CCC3)n2CC12CCN(Cc1cccs1)C2.O=C(O)C(F)(F)F.O=C(O)C(F)(F)F. The molecular formula is C23H28F6N6O5S. The third-order valence-corrected chi connectivity index (χ3v) is 7.83. The number of carbonyl (C=O) groups is 3. The number of likely N-dealkylation sites (N-methyl/N-ethyl adjacent to an activating group) is 1. The summed E-state index contributed by atoms with van der Waals surface area (Å²) in [5.74, 6) is -4.19. The van der Waals surface area contributed by atoms with E-state index in [2.05, 4.69) is 54.4 Å². The normalized spacial score (nSPS) is 21.1. The summed E-state index contributed by atoms with van der Waals surface area (Å²) < 4.78 is 65.5. The number of hydrogen-bond acceptors (Lipinski definition) is 8. The van der Waals surface area contributed by atoms with Gasteiger partial charge in [-0.1, -0.05) is 6.07 Å². The predicted molar refractivity (Wildman–Crippen MR) is 131 cm³/mol. The van der Waals surface area contributed by atoms with Crippen molar-refractivity contribution in [3.63, 3.8) is 0 Å². The van der Waals surface area contributed by atoms with Gasteiger partial charge >= 0.3 is 24.3 Å². The van der Waals surface area contributed by atoms with Gasteiger partial charge in [-0.2, -0.15) is 26.3 Å². The van der Waals surface area contributed by atoms with Crippen LogP contribution >= 0.6 is 11.3 Å². The molecule has 1 saturated carbocycles. The zero-order valence-corrected chi connectivity index (χ0v) is 22.5. The number of halogens is 6. The summed E-state index contributed by atoms with van der Waals surface area (Å²) in [6, 6.07) is 4.65. The maximum Gasteiger partial charge on any atom is 0.490 e. The molecule has 2 aromatic heterocycles. The summed E-state index contributed by atoms with van der Waals surface area (Å²) in [5.41, 5.74) is 0.0537. The monoisotopic (exact) mass is 614 g/mol. The lowest BCUT2D eigenvalue weighted by Gasteiger charge is -2.43. The maximum atomic E-state index is 12.7. The number of aromatic nitrogens is 3. The van der Waals surface area contributed by atoms with Crippen molar-refractivity contribution in [1.82, 2.24) is 29.9 Å². The first-order valence-corrected chi connectivity index (χ1v) is 13.2. The lowest BCUT2D eigenvalue weighted by molar-refractivity contribution is -0.193. The molecule has 0 bridgehead atoms. The number of hydrogen-bond donors (Lipinski definition) is 3. The van der Waals surface area contributed by atoms with Gasteiger partial charge in [-0.25, -0.2) is 9.59 Å². The zero-order chi connectivity index (χ0) is 30.6. The number of aliphatic carboxylic acids is 2. The number of carboxylic acid groups (broad SMARTS) is 2. The van der Waals surface area contributed by atoms with E-state index in [0.29, 0.717) is 11.9 Å². The highest BCUT2D eigenvalue weighted by Crippen LogP contribution is 2.35. The Balaban J connectivity index is 0.000000276. The van der Waals surface area contributed by atoms with E-state index in [4.69, 9.17) is 19.8 Å². The number of carbonyl (C=O) groups excluding carboxylic acids is 1. The zero-order valence-electron chi connectivity index (χ0n) is 21.7. The van der Waals surface area contributed by atoms with E-state index < -0.39 is 24.3 Å². The van der Waals surface area contributed by atoms with Gasteiger partial charge in [0.25, 0.3) is 5.91 Å². The average Bonchev–Trinajstić information content (AvgIpc) is 3.58. The number of likely N-dealkylation sites (tertiary alicyclic amines) is 1. The summed E-state index contributed by atoms with van der Waals surface area (Å²) in [4.78, 5) is 36.8. The topological polar surface area (TPSA) is 141 Å². The summed E-state index contributed by atoms with van der Waals surface area (Å²) in [6.45, 7) is 4.65. The molecule has 41 heavy (non-hydrogen) atoms. The number of fused-ring (bicyclic) bond motifs is 1. The van der Waals surface area contributed by atoms with Gasteiger partial charge < -0.3 is 20.1 Å². The molecule has 3 aliphatic rings. The van der Waals surface area contributed by atoms with Crippen LogP contribution in [0.5, 0.6) is 0 Å². The van der Waals surface area contributed by atoms with Crippen LogP contribution in [0.1, 0.15) is 47.0 Å². The van der Waals surface area contributed by atoms with Crippen molar-refractivity contribution < 1.29 is 50.9 Å². The third kappa shape index (κ3) is 8.38. The summed E-state index contributed by atoms with van der Waals surface area (Å²) in [7, 11) is 2.18. The Morgan fingerprint density at radius 2 is 1.68 bits per heavy atom. The first-order valence-electron chi connectivity index (χ1n) is 12.3. The Morgan fingerprint density at radius 3 is 2.17 bits per heavy atom. The second kappa shape index (κ2) is 12.7. The Morgan fingerprint density at radius 1 is 1.07 bits per heavy atom. The van der Waals surface area contributed by atoms with Gasteiger partial charge in [0.05, 0.1) is 12.1 Å². The molecule has 1 saturated heterocycles. The molecule has 5 rings (SSSR count). The van der Waals surface area contributed by atoms with E-state index in [0.717, 1.165) is 57.8 Å². The number of thiophene rings is 1. The van der Waals surface area contributed by atoms with Crippen LogP contribution in [0, 0.1) is 0 Å². The van der Waals surface area contributed by atoms with Crippen molar-refractivity contribution in [2.24, 2.45) is 0 Å². The van der Waals surface area contributed by atoms with Gasteiger partial charge in [0.2, 0.25) is 5.82 Å². The molecule has 1 amide bonds. The Bertz CT molecular complexity index is 1190. The standard InChI is InChI=1S/C19H26N6OS.2C2HF3O2/c1-23-11-16-21-22-17(18(26)20-14-4-2-5-14)25(16)13-19(23)7-8-24(12-19)10-15-6-3-9-27-15;2*3-2(4,5)1(6)7/h3,6,9,14H,2,4-5,7-8,10-13H2,1H3,(H,20,26);2*(H,6,7). The van der Waals surface area contributed by atoms with Crippen LogP contribution < -0.4 is 5.32 Å². The summed E-state index contributed by atoms with van der Waals surface area (Å²) >= 11 is 1.82. The van der Waals surface area contributed by atoms with Gasteiger partial charge in [0.1, 0.15) is 5.82 Å². The third-order valence-electron chi connectivity index (χ3n) is 6.97. The molecule has 0 aromatic carbocycles. The van der Waals surface area contributed by atoms with Crippen molar-refractivity contribution in [2.45, 2.75) is 69.3 Å². The Labute approximate surface area is 233 Å². The molecule has 1 unspecified atom stereocenters. The molecule has 3 N–H and O–H groups in total. The van der Waals surface area contributed by atoms with E-state index in [1.54, 1.807) is 0 Å². The minimum Gasteiger partial charge on any atom is -0.475 e. The molecule has 18 heteroatoms. The molecule has 2 aliphatic heterocycles. The van der Waals surface area contributed by atoms with Crippen molar-refractivity contribution in [2.75, 3.05) is 20.1 Å². The molecule has 2 fully saturated rings. The van der Waals surface area contributed by atoms with E-state index in [1.807, 2.05) is 11.3 Å². The van der Waals surface area contributed by atoms with Crippen molar-refractivity contribution >= 4 is 29.2 Å². The number of nitrogens with one attached hydrogen (secondary N) is 1. The fourth-order valence-electron chi connectivity index (χ4n) is 4.52. The van der Waals surface area contributed by atoms with E-state index in [1.165, 1.54) is 11.3 Å². The fraction of sp³-hybridized carbons (Fsp3) is 0.609. The molecular weight excluding hydrogens is 586 g/mol. The highest BCUT2D eigenvalue weighted by molar-refractivity contribution is 7.09. The number of rotatable bonds is 4. The minimum atomic E-state index is -5.08. The molecule has 1 aliphatic carbocycles. The Hall–Kier alpha value is -3.25. The Kier molecular flexibility index (Phi) is 10.0. The largest absolute Gasteiger partial charge is 0.490 e. The molecule has 1 spiro atoms. The number of carboxylic acids is 2. The van der Waals surface area contributed by atoms with Crippen LogP contribution in [0.4, 0.5) is 26.3 Å². The van der Waals surface area contributed by atoms with Gasteiger partial charge in [-0.3, -0.25) is 14.6 Å². The molecule has 1 atom stereocenters. The van der Waals surface area contributed by atoms with E-state index in [-0.39, 0.29) is 11.4 Å². The highest BCUT2D eigenvalue weighted by Gasteiger charge is 2.46. The predicted octanol–water partition coefficient (Wildman–Crippen LogP) is 2.98. The van der Waals surface area contributed by atoms with Crippen molar-refractivity contribution in [3.8, 4) is 0 Å². The molecule has 2 aromatic rings. The van der Waals surface area contributed by atoms with Crippen LogP contribution in [0.2, 0.25) is 0 Å². The van der Waals surface area contributed by atoms with Gasteiger partial charge in [0, 0.05) is 37.1 Å².